The van der Waals surface area contributed by atoms with Gasteiger partial charge in [0.2, 0.25) is 0 Å². The first kappa shape index (κ1) is 17.3. The maximum absolute atomic E-state index is 14.2. The van der Waals surface area contributed by atoms with Gasteiger partial charge in [0, 0.05) is 18.8 Å². The fourth-order valence-corrected chi connectivity index (χ4v) is 3.41. The van der Waals surface area contributed by atoms with Crippen molar-refractivity contribution in [2.24, 2.45) is 0 Å². The van der Waals surface area contributed by atoms with Crippen LogP contribution in [0.4, 0.5) is 20.6 Å². The first-order valence-corrected chi connectivity index (χ1v) is 8.93. The molecule has 0 radical (unpaired) electrons. The van der Waals surface area contributed by atoms with Crippen molar-refractivity contribution in [3.63, 3.8) is 0 Å². The summed E-state index contributed by atoms with van der Waals surface area (Å²) in [6.07, 6.45) is 0.572. The first-order chi connectivity index (χ1) is 13.0. The summed E-state index contributed by atoms with van der Waals surface area (Å²) in [6.45, 7) is 3.04. The number of amides is 3. The van der Waals surface area contributed by atoms with Gasteiger partial charge in [-0.3, -0.25) is 9.69 Å². The zero-order valence-corrected chi connectivity index (χ0v) is 14.9. The van der Waals surface area contributed by atoms with Crippen molar-refractivity contribution < 1.29 is 18.7 Å². The van der Waals surface area contributed by atoms with E-state index in [1.165, 1.54) is 23.1 Å². The Morgan fingerprint density at radius 2 is 2.15 bits per heavy atom. The Labute approximate surface area is 156 Å². The van der Waals surface area contributed by atoms with Crippen LogP contribution in [0.1, 0.15) is 17.5 Å². The van der Waals surface area contributed by atoms with E-state index in [9.17, 15) is 14.0 Å². The maximum atomic E-state index is 14.2. The van der Waals surface area contributed by atoms with Gasteiger partial charge in [0.05, 0.1) is 5.69 Å². The number of benzene rings is 2. The van der Waals surface area contributed by atoms with Gasteiger partial charge in [-0.25, -0.2) is 9.18 Å². The SMILES string of the molecule is Cc1ccc2c(c1)CC[C@H](C(=O)Nc1cc(N3CCNC3=O)ccc1F)O2. The minimum Gasteiger partial charge on any atom is -0.480 e. The third-order valence-electron chi connectivity index (χ3n) is 4.83. The third-order valence-corrected chi connectivity index (χ3v) is 4.83. The summed E-state index contributed by atoms with van der Waals surface area (Å²) in [5.74, 6) is -0.267. The second-order valence-electron chi connectivity index (χ2n) is 6.79. The number of carbonyl (C=O) groups excluding carboxylic acids is 2. The Morgan fingerprint density at radius 1 is 1.30 bits per heavy atom. The molecule has 27 heavy (non-hydrogen) atoms. The number of aryl methyl sites for hydroxylation is 2. The van der Waals surface area contributed by atoms with Crippen molar-refractivity contribution in [1.82, 2.24) is 5.32 Å². The van der Waals surface area contributed by atoms with E-state index in [-0.39, 0.29) is 11.7 Å². The standard InChI is InChI=1S/C20H20FN3O3/c1-12-2-6-17-13(10-12)3-7-18(27-17)19(25)23-16-11-14(4-5-15(16)21)24-9-8-22-20(24)26/h2,4-6,10-11,18H,3,7-9H2,1H3,(H,22,26)(H,23,25)/t18-/m1/s1. The van der Waals surface area contributed by atoms with E-state index in [0.29, 0.717) is 30.9 Å². The Balaban J connectivity index is 1.50. The highest BCUT2D eigenvalue weighted by Gasteiger charge is 2.27. The fourth-order valence-electron chi connectivity index (χ4n) is 3.41. The second kappa shape index (κ2) is 6.90. The van der Waals surface area contributed by atoms with Crippen molar-refractivity contribution >= 4 is 23.3 Å². The molecule has 3 amide bonds. The van der Waals surface area contributed by atoms with Crippen molar-refractivity contribution in [1.29, 1.82) is 0 Å². The molecule has 7 heteroatoms. The van der Waals surface area contributed by atoms with Gasteiger partial charge in [0.1, 0.15) is 11.6 Å². The van der Waals surface area contributed by atoms with Crippen LogP contribution in [0, 0.1) is 12.7 Å². The smallest absolute Gasteiger partial charge is 0.321 e. The van der Waals surface area contributed by atoms with Gasteiger partial charge in [-0.2, -0.15) is 0 Å². The van der Waals surface area contributed by atoms with Crippen LogP contribution in [0.25, 0.3) is 0 Å². The molecule has 1 atom stereocenters. The van der Waals surface area contributed by atoms with E-state index in [0.717, 1.165) is 17.5 Å². The van der Waals surface area contributed by atoms with Crippen molar-refractivity contribution in [3.05, 3.63) is 53.3 Å². The van der Waals surface area contributed by atoms with E-state index in [4.69, 9.17) is 4.74 Å². The van der Waals surface area contributed by atoms with E-state index in [1.807, 2.05) is 25.1 Å². The molecule has 2 aromatic rings. The average molecular weight is 369 g/mol. The molecule has 0 aliphatic carbocycles. The monoisotopic (exact) mass is 369 g/mol. The molecule has 140 valence electrons. The lowest BCUT2D eigenvalue weighted by Gasteiger charge is -2.26. The number of nitrogens with zero attached hydrogens (tertiary/aromatic N) is 1. The highest BCUT2D eigenvalue weighted by molar-refractivity contribution is 5.97. The zero-order chi connectivity index (χ0) is 19.0. The first-order valence-electron chi connectivity index (χ1n) is 8.93. The van der Waals surface area contributed by atoms with Crippen molar-refractivity contribution in [2.45, 2.75) is 25.9 Å². The molecule has 2 aliphatic rings. The second-order valence-corrected chi connectivity index (χ2v) is 6.79. The molecule has 6 nitrogen and oxygen atoms in total. The summed E-state index contributed by atoms with van der Waals surface area (Å²) in [6, 6.07) is 9.84. The number of urea groups is 1. The summed E-state index contributed by atoms with van der Waals surface area (Å²) in [4.78, 5) is 25.9. The lowest BCUT2D eigenvalue weighted by atomic mass is 10.00. The molecule has 1 fully saturated rings. The maximum Gasteiger partial charge on any atom is 0.321 e. The van der Waals surface area contributed by atoms with Crippen molar-refractivity contribution in [2.75, 3.05) is 23.3 Å². The molecule has 0 saturated carbocycles. The van der Waals surface area contributed by atoms with Crippen LogP contribution >= 0.6 is 0 Å². The van der Waals surface area contributed by atoms with Crippen LogP contribution in [-0.4, -0.2) is 31.1 Å². The molecular formula is C20H20FN3O3. The Morgan fingerprint density at radius 3 is 2.93 bits per heavy atom. The van der Waals surface area contributed by atoms with Crippen molar-refractivity contribution in [3.8, 4) is 5.75 Å². The highest BCUT2D eigenvalue weighted by Crippen LogP contribution is 2.30. The van der Waals surface area contributed by atoms with Crippen LogP contribution in [0.5, 0.6) is 5.75 Å². The van der Waals surface area contributed by atoms with E-state index >= 15 is 0 Å². The van der Waals surface area contributed by atoms with Gasteiger partial charge in [-0.1, -0.05) is 17.7 Å². The summed E-state index contributed by atoms with van der Waals surface area (Å²) in [7, 11) is 0. The van der Waals surface area contributed by atoms with E-state index < -0.39 is 17.8 Å². The number of halogens is 1. The Bertz CT molecular complexity index is 915. The van der Waals surface area contributed by atoms with Gasteiger partial charge in [-0.15, -0.1) is 0 Å². The van der Waals surface area contributed by atoms with Crippen LogP contribution < -0.4 is 20.3 Å². The summed E-state index contributed by atoms with van der Waals surface area (Å²) >= 11 is 0. The molecule has 4 rings (SSSR count). The van der Waals surface area contributed by atoms with Crippen LogP contribution in [0.3, 0.4) is 0 Å². The molecule has 2 aromatic carbocycles. The summed E-state index contributed by atoms with van der Waals surface area (Å²) < 4.78 is 20.0. The fraction of sp³-hybridized carbons (Fsp3) is 0.300. The number of hydrogen-bond acceptors (Lipinski definition) is 3. The van der Waals surface area contributed by atoms with E-state index in [2.05, 4.69) is 10.6 Å². The minimum absolute atomic E-state index is 0.0375. The summed E-state index contributed by atoms with van der Waals surface area (Å²) in [5, 5.41) is 5.30. The lowest BCUT2D eigenvalue weighted by Crippen LogP contribution is -2.36. The molecule has 0 spiro atoms. The topological polar surface area (TPSA) is 70.7 Å². The zero-order valence-electron chi connectivity index (χ0n) is 14.9. The average Bonchev–Trinajstić information content (AvgIpc) is 3.09. The Hall–Kier alpha value is -3.09. The van der Waals surface area contributed by atoms with Gasteiger partial charge >= 0.3 is 6.03 Å². The van der Waals surface area contributed by atoms with Crippen LogP contribution in [0.15, 0.2) is 36.4 Å². The number of ether oxygens (including phenoxy) is 1. The minimum atomic E-state index is -0.682. The quantitative estimate of drug-likeness (QED) is 0.874. The number of hydrogen-bond donors (Lipinski definition) is 2. The third kappa shape index (κ3) is 3.45. The van der Waals surface area contributed by atoms with Gasteiger partial charge in [0.15, 0.2) is 6.10 Å². The predicted octanol–water partition coefficient (Wildman–Crippen LogP) is 3.00. The number of rotatable bonds is 3. The largest absolute Gasteiger partial charge is 0.480 e. The number of nitrogens with one attached hydrogen (secondary N) is 2. The lowest BCUT2D eigenvalue weighted by molar-refractivity contribution is -0.123. The number of anilines is 2. The number of fused-ring (bicyclic) bond motifs is 1. The van der Waals surface area contributed by atoms with Gasteiger partial charge in [0.25, 0.3) is 5.91 Å². The molecule has 1 saturated heterocycles. The van der Waals surface area contributed by atoms with Gasteiger partial charge < -0.3 is 15.4 Å². The molecular weight excluding hydrogens is 349 g/mol. The molecule has 2 heterocycles. The molecule has 0 unspecified atom stereocenters. The molecule has 2 aliphatic heterocycles. The van der Waals surface area contributed by atoms with Crippen LogP contribution in [0.2, 0.25) is 0 Å². The van der Waals surface area contributed by atoms with E-state index in [1.54, 1.807) is 0 Å². The molecule has 0 bridgehead atoms. The normalized spacial score (nSPS) is 18.5. The summed E-state index contributed by atoms with van der Waals surface area (Å²) in [5.41, 5.74) is 2.79. The Kier molecular flexibility index (Phi) is 4.43. The molecule has 0 aromatic heterocycles. The highest BCUT2D eigenvalue weighted by atomic mass is 19.1. The van der Waals surface area contributed by atoms with Crippen LogP contribution in [-0.2, 0) is 11.2 Å². The molecule has 2 N–H and O–H groups in total. The number of carbonyl (C=O) groups is 2. The predicted molar refractivity (Wildman–Crippen MR) is 99.7 cm³/mol. The van der Waals surface area contributed by atoms with Gasteiger partial charge in [-0.05, 0) is 49.6 Å².